The molecule has 0 heterocycles. The molecule has 0 aliphatic heterocycles. The van der Waals surface area contributed by atoms with Crippen LogP contribution >= 0.6 is 0 Å². The molecular weight excluding hydrogens is 298 g/mol. The number of hydrogen-bond donors (Lipinski definition) is 3. The van der Waals surface area contributed by atoms with Crippen LogP contribution in [0.5, 0.6) is 0 Å². The first-order valence-corrected chi connectivity index (χ1v) is 7.66. The molecule has 0 saturated carbocycles. The lowest BCUT2D eigenvalue weighted by molar-refractivity contribution is -0.903. The molecule has 0 fully saturated rings. The van der Waals surface area contributed by atoms with E-state index < -0.39 is 24.6 Å². The van der Waals surface area contributed by atoms with Crippen molar-refractivity contribution in [2.75, 3.05) is 40.5 Å². The zero-order valence-corrected chi connectivity index (χ0v) is 14.2. The Kier molecular flexibility index (Phi) is 7.15. The van der Waals surface area contributed by atoms with Crippen molar-refractivity contribution in [1.29, 1.82) is 0 Å². The van der Waals surface area contributed by atoms with Crippen LogP contribution < -0.4 is 0 Å². The second-order valence-corrected chi connectivity index (χ2v) is 6.81. The Morgan fingerprint density at radius 3 is 2.09 bits per heavy atom. The first-order valence-electron chi connectivity index (χ1n) is 7.66. The number of aliphatic hydroxyl groups excluding tert-OH is 3. The summed E-state index contributed by atoms with van der Waals surface area (Å²) in [6, 6.07) is 7.71. The first kappa shape index (κ1) is 19.6. The highest BCUT2D eigenvalue weighted by atomic mass is 16.5. The summed E-state index contributed by atoms with van der Waals surface area (Å²) in [6.45, 7) is 2.27. The molecule has 0 bridgehead atoms. The maximum Gasteiger partial charge on any atom is 0.316 e. The third kappa shape index (κ3) is 5.91. The standard InChI is InChI=1S/C17H28NO5/c1-17(12-20,13-21)16(22)23-11-15-6-4-14(5-7-15)10-18(2,3)8-9-19/h4-7,19-21H,8-13H2,1-3H3/q+1. The van der Waals surface area contributed by atoms with Gasteiger partial charge in [0.25, 0.3) is 0 Å². The van der Waals surface area contributed by atoms with Gasteiger partial charge in [-0.25, -0.2) is 0 Å². The fourth-order valence-corrected chi connectivity index (χ4v) is 2.09. The number of nitrogens with zero attached hydrogens (tertiary/aromatic N) is 1. The smallest absolute Gasteiger partial charge is 0.316 e. The maximum atomic E-state index is 11.9. The van der Waals surface area contributed by atoms with Crippen LogP contribution in [0.15, 0.2) is 24.3 Å². The van der Waals surface area contributed by atoms with Crippen molar-refractivity contribution >= 4 is 5.97 Å². The lowest BCUT2D eigenvalue weighted by Gasteiger charge is -2.29. The van der Waals surface area contributed by atoms with Crippen LogP contribution in [0.3, 0.4) is 0 Å². The lowest BCUT2D eigenvalue weighted by Crippen LogP contribution is -2.41. The SMILES string of the molecule is CC(CO)(CO)C(=O)OCc1ccc(C[N+](C)(C)CCO)cc1. The van der Waals surface area contributed by atoms with Crippen LogP contribution in [-0.2, 0) is 22.7 Å². The largest absolute Gasteiger partial charge is 0.460 e. The fraction of sp³-hybridized carbons (Fsp3) is 0.588. The van der Waals surface area contributed by atoms with Crippen molar-refractivity contribution in [2.24, 2.45) is 5.41 Å². The van der Waals surface area contributed by atoms with Gasteiger partial charge in [0.15, 0.2) is 0 Å². The van der Waals surface area contributed by atoms with E-state index in [0.29, 0.717) is 11.0 Å². The zero-order valence-electron chi connectivity index (χ0n) is 14.2. The molecule has 1 aromatic rings. The second-order valence-electron chi connectivity index (χ2n) is 6.81. The Morgan fingerprint density at radius 2 is 1.61 bits per heavy atom. The van der Waals surface area contributed by atoms with E-state index in [0.717, 1.165) is 17.7 Å². The van der Waals surface area contributed by atoms with Gasteiger partial charge in [-0.15, -0.1) is 0 Å². The van der Waals surface area contributed by atoms with E-state index in [2.05, 4.69) is 14.1 Å². The average molecular weight is 326 g/mol. The fourth-order valence-electron chi connectivity index (χ4n) is 2.09. The molecule has 0 aliphatic rings. The van der Waals surface area contributed by atoms with Crippen molar-refractivity contribution in [3.63, 3.8) is 0 Å². The average Bonchev–Trinajstić information content (AvgIpc) is 2.52. The molecule has 130 valence electrons. The number of aliphatic hydroxyl groups is 3. The summed E-state index contributed by atoms with van der Waals surface area (Å²) in [7, 11) is 4.10. The van der Waals surface area contributed by atoms with Crippen LogP contribution in [0.4, 0.5) is 0 Å². The lowest BCUT2D eigenvalue weighted by atomic mass is 9.93. The van der Waals surface area contributed by atoms with Gasteiger partial charge in [-0.3, -0.25) is 4.79 Å². The van der Waals surface area contributed by atoms with Crippen molar-refractivity contribution in [3.8, 4) is 0 Å². The van der Waals surface area contributed by atoms with Crippen LogP contribution in [0.1, 0.15) is 18.1 Å². The van der Waals surface area contributed by atoms with Crippen molar-refractivity contribution < 1.29 is 29.3 Å². The Balaban J connectivity index is 2.60. The van der Waals surface area contributed by atoms with Gasteiger partial charge in [-0.2, -0.15) is 0 Å². The van der Waals surface area contributed by atoms with Gasteiger partial charge >= 0.3 is 5.97 Å². The molecule has 6 heteroatoms. The molecule has 0 atom stereocenters. The van der Waals surface area contributed by atoms with Gasteiger partial charge in [0, 0.05) is 5.56 Å². The van der Waals surface area contributed by atoms with Crippen molar-refractivity contribution in [3.05, 3.63) is 35.4 Å². The van der Waals surface area contributed by atoms with Gasteiger partial charge in [-0.05, 0) is 12.5 Å². The van der Waals surface area contributed by atoms with Gasteiger partial charge in [-0.1, -0.05) is 24.3 Å². The van der Waals surface area contributed by atoms with Gasteiger partial charge in [0.2, 0.25) is 0 Å². The monoisotopic (exact) mass is 326 g/mol. The Labute approximate surface area is 137 Å². The quantitative estimate of drug-likeness (QED) is 0.448. The van der Waals surface area contributed by atoms with E-state index in [4.69, 9.17) is 20.1 Å². The van der Waals surface area contributed by atoms with Crippen LogP contribution in [0.25, 0.3) is 0 Å². The zero-order chi connectivity index (χ0) is 17.5. The highest BCUT2D eigenvalue weighted by molar-refractivity contribution is 5.76. The summed E-state index contributed by atoms with van der Waals surface area (Å²) < 4.78 is 5.85. The predicted molar refractivity (Wildman–Crippen MR) is 86.3 cm³/mol. The molecule has 0 saturated heterocycles. The van der Waals surface area contributed by atoms with E-state index in [-0.39, 0.29) is 13.2 Å². The third-order valence-corrected chi connectivity index (χ3v) is 3.90. The number of esters is 1. The molecule has 0 aromatic heterocycles. The number of rotatable bonds is 9. The molecule has 6 nitrogen and oxygen atoms in total. The Hall–Kier alpha value is -1.47. The summed E-state index contributed by atoms with van der Waals surface area (Å²) in [5.41, 5.74) is 0.702. The summed E-state index contributed by atoms with van der Waals surface area (Å²) in [5, 5.41) is 27.4. The molecule has 1 rings (SSSR count). The minimum absolute atomic E-state index is 0.101. The molecule has 3 N–H and O–H groups in total. The van der Waals surface area contributed by atoms with Crippen molar-refractivity contribution in [1.82, 2.24) is 0 Å². The summed E-state index contributed by atoms with van der Waals surface area (Å²) in [6.07, 6.45) is 0. The molecule has 0 amide bonds. The normalized spacial score (nSPS) is 12.3. The van der Waals surface area contributed by atoms with Gasteiger partial charge in [0.05, 0.1) is 33.9 Å². The summed E-state index contributed by atoms with van der Waals surface area (Å²) in [4.78, 5) is 11.9. The molecule has 1 aromatic carbocycles. The number of carbonyl (C=O) groups is 1. The number of hydrogen-bond acceptors (Lipinski definition) is 5. The molecule has 0 unspecified atom stereocenters. The highest BCUT2D eigenvalue weighted by Crippen LogP contribution is 2.18. The molecule has 0 aliphatic carbocycles. The highest BCUT2D eigenvalue weighted by Gasteiger charge is 2.33. The maximum absolute atomic E-state index is 11.9. The van der Waals surface area contributed by atoms with Crippen molar-refractivity contribution in [2.45, 2.75) is 20.1 Å². The molecular formula is C17H28NO5+. The van der Waals surface area contributed by atoms with Crippen LogP contribution in [0, 0.1) is 5.41 Å². The number of benzene rings is 1. The van der Waals surface area contributed by atoms with Gasteiger partial charge < -0.3 is 24.5 Å². The first-order chi connectivity index (χ1) is 10.8. The number of ether oxygens (including phenoxy) is 1. The minimum atomic E-state index is -1.27. The predicted octanol–water partition coefficient (Wildman–Crippen LogP) is 0.289. The second kappa shape index (κ2) is 8.40. The van der Waals surface area contributed by atoms with E-state index in [1.807, 2.05) is 24.3 Å². The van der Waals surface area contributed by atoms with Crippen LogP contribution in [-0.4, -0.2) is 66.2 Å². The van der Waals surface area contributed by atoms with Crippen LogP contribution in [0.2, 0.25) is 0 Å². The Morgan fingerprint density at radius 1 is 1.09 bits per heavy atom. The van der Waals surface area contributed by atoms with E-state index >= 15 is 0 Å². The van der Waals surface area contributed by atoms with E-state index in [1.165, 1.54) is 6.92 Å². The number of likely N-dealkylation sites (N-methyl/N-ethyl adjacent to an activating group) is 1. The molecule has 0 radical (unpaired) electrons. The van der Waals surface area contributed by atoms with E-state index in [9.17, 15) is 4.79 Å². The Bertz CT molecular complexity index is 494. The summed E-state index contributed by atoms with van der Waals surface area (Å²) in [5.74, 6) is -0.618. The molecule has 23 heavy (non-hydrogen) atoms. The van der Waals surface area contributed by atoms with E-state index in [1.54, 1.807) is 0 Å². The summed E-state index contributed by atoms with van der Waals surface area (Å²) >= 11 is 0. The van der Waals surface area contributed by atoms with Gasteiger partial charge in [0.1, 0.15) is 25.1 Å². The number of carbonyl (C=O) groups excluding carboxylic acids is 1. The molecule has 0 spiro atoms. The number of quaternary nitrogens is 1. The third-order valence-electron chi connectivity index (χ3n) is 3.90. The minimum Gasteiger partial charge on any atom is -0.460 e. The topological polar surface area (TPSA) is 87.0 Å².